The number of para-hydroxylation sites is 1. The number of carbonyl (C=O) groups is 1. The molecule has 6 heteroatoms. The molecule has 2 heterocycles. The van der Waals surface area contributed by atoms with E-state index in [9.17, 15) is 9.90 Å². The molecule has 1 aromatic heterocycles. The van der Waals surface area contributed by atoms with Crippen LogP contribution in [0, 0.1) is 5.92 Å². The molecular weight excluding hydrogens is 366 g/mol. The van der Waals surface area contributed by atoms with Crippen molar-refractivity contribution < 1.29 is 14.6 Å². The maximum absolute atomic E-state index is 13.1. The van der Waals surface area contributed by atoms with Gasteiger partial charge in [-0.1, -0.05) is 30.3 Å². The molecule has 2 atom stereocenters. The molecule has 148 valence electrons. The van der Waals surface area contributed by atoms with E-state index in [1.807, 2.05) is 48.5 Å². The van der Waals surface area contributed by atoms with Crippen LogP contribution in [0.1, 0.15) is 16.1 Å². The zero-order chi connectivity index (χ0) is 20.2. The Bertz CT molecular complexity index is 993. The lowest BCUT2D eigenvalue weighted by atomic mass is 10.0. The number of benzene rings is 2. The molecule has 4 rings (SSSR count). The minimum atomic E-state index is -0.571. The number of hydrogen-bond donors (Lipinski definition) is 1. The molecule has 1 amide bonds. The summed E-state index contributed by atoms with van der Waals surface area (Å²) >= 11 is 0. The Morgan fingerprint density at radius 1 is 1.17 bits per heavy atom. The van der Waals surface area contributed by atoms with Gasteiger partial charge in [-0.15, -0.1) is 0 Å². The first kappa shape index (κ1) is 19.1. The average Bonchev–Trinajstić information content (AvgIpc) is 3.14. The first-order valence-electron chi connectivity index (χ1n) is 9.61. The normalized spacial score (nSPS) is 18.6. The third kappa shape index (κ3) is 4.12. The van der Waals surface area contributed by atoms with Gasteiger partial charge in [-0.25, -0.2) is 0 Å². The summed E-state index contributed by atoms with van der Waals surface area (Å²) in [5, 5.41) is 10.5. The number of carbonyl (C=O) groups excluding carboxylic acids is 1. The molecule has 6 nitrogen and oxygen atoms in total. The Morgan fingerprint density at radius 3 is 2.83 bits per heavy atom. The summed E-state index contributed by atoms with van der Waals surface area (Å²) in [7, 11) is 1.64. The Hall–Kier alpha value is -3.25. The zero-order valence-corrected chi connectivity index (χ0v) is 16.2. The second-order valence-corrected chi connectivity index (χ2v) is 7.22. The lowest BCUT2D eigenvalue weighted by Crippen LogP contribution is -2.29. The largest absolute Gasteiger partial charge is 0.496 e. The molecule has 1 N–H and O–H groups in total. The molecule has 1 fully saturated rings. The molecule has 0 spiro atoms. The van der Waals surface area contributed by atoms with Crippen LogP contribution >= 0.6 is 0 Å². The second kappa shape index (κ2) is 8.41. The highest BCUT2D eigenvalue weighted by Crippen LogP contribution is 2.30. The van der Waals surface area contributed by atoms with Gasteiger partial charge in [0.05, 0.1) is 18.9 Å². The molecule has 2 aromatic carbocycles. The molecule has 0 aliphatic carbocycles. The highest BCUT2D eigenvalue weighted by atomic mass is 16.5. The Balaban J connectivity index is 1.51. The summed E-state index contributed by atoms with van der Waals surface area (Å²) in [6, 6.07) is 15.3. The topological polar surface area (TPSA) is 75.5 Å². The fraction of sp³-hybridized carbons (Fsp3) is 0.261. The Morgan fingerprint density at radius 2 is 2.03 bits per heavy atom. The summed E-state index contributed by atoms with van der Waals surface area (Å²) in [5.74, 6) is 0.633. The van der Waals surface area contributed by atoms with E-state index in [2.05, 4.69) is 9.97 Å². The second-order valence-electron chi connectivity index (χ2n) is 7.22. The van der Waals surface area contributed by atoms with Crippen molar-refractivity contribution in [1.29, 1.82) is 0 Å². The summed E-state index contributed by atoms with van der Waals surface area (Å²) in [6.45, 7) is 0.818. The van der Waals surface area contributed by atoms with E-state index in [0.29, 0.717) is 25.1 Å². The van der Waals surface area contributed by atoms with E-state index >= 15 is 0 Å². The predicted octanol–water partition coefficient (Wildman–Crippen LogP) is 2.83. The van der Waals surface area contributed by atoms with Crippen LogP contribution in [0.5, 0.6) is 5.75 Å². The number of likely N-dealkylation sites (tertiary alicyclic amines) is 1. The van der Waals surface area contributed by atoms with E-state index in [1.165, 1.54) is 0 Å². The molecule has 3 aromatic rings. The number of rotatable bonds is 5. The van der Waals surface area contributed by atoms with Gasteiger partial charge in [-0.3, -0.25) is 14.8 Å². The fourth-order valence-corrected chi connectivity index (χ4v) is 3.81. The van der Waals surface area contributed by atoms with Gasteiger partial charge in [0.1, 0.15) is 5.75 Å². The lowest BCUT2D eigenvalue weighted by molar-refractivity contribution is 0.0764. The van der Waals surface area contributed by atoms with E-state index in [0.717, 1.165) is 22.6 Å². The monoisotopic (exact) mass is 389 g/mol. The molecule has 0 bridgehead atoms. The van der Waals surface area contributed by atoms with Crippen molar-refractivity contribution in [2.45, 2.75) is 12.5 Å². The van der Waals surface area contributed by atoms with Crippen LogP contribution in [0.3, 0.4) is 0 Å². The van der Waals surface area contributed by atoms with Crippen LogP contribution in [0.25, 0.3) is 11.1 Å². The van der Waals surface area contributed by atoms with Gasteiger partial charge in [-0.2, -0.15) is 0 Å². The van der Waals surface area contributed by atoms with Crippen molar-refractivity contribution >= 4 is 5.91 Å². The molecule has 0 saturated carbocycles. The molecule has 0 unspecified atom stereocenters. The summed E-state index contributed by atoms with van der Waals surface area (Å²) in [4.78, 5) is 23.1. The van der Waals surface area contributed by atoms with Gasteiger partial charge in [0.25, 0.3) is 5.91 Å². The lowest BCUT2D eigenvalue weighted by Gasteiger charge is -2.17. The maximum atomic E-state index is 13.1. The third-order valence-electron chi connectivity index (χ3n) is 5.31. The van der Waals surface area contributed by atoms with Gasteiger partial charge in [-0.05, 0) is 30.2 Å². The number of aliphatic hydroxyl groups excluding tert-OH is 1. The van der Waals surface area contributed by atoms with Crippen molar-refractivity contribution in [2.75, 3.05) is 20.2 Å². The molecule has 0 radical (unpaired) electrons. The maximum Gasteiger partial charge on any atom is 0.253 e. The van der Waals surface area contributed by atoms with Crippen molar-refractivity contribution in [1.82, 2.24) is 14.9 Å². The first-order valence-corrected chi connectivity index (χ1v) is 9.61. The third-order valence-corrected chi connectivity index (χ3v) is 5.31. The van der Waals surface area contributed by atoms with Crippen molar-refractivity contribution in [3.8, 4) is 16.9 Å². The van der Waals surface area contributed by atoms with Crippen LogP contribution in [-0.4, -0.2) is 52.2 Å². The zero-order valence-electron chi connectivity index (χ0n) is 16.2. The van der Waals surface area contributed by atoms with Crippen LogP contribution < -0.4 is 4.74 Å². The Kier molecular flexibility index (Phi) is 5.53. The van der Waals surface area contributed by atoms with Gasteiger partial charge < -0.3 is 14.7 Å². The molecule has 1 aliphatic rings. The van der Waals surface area contributed by atoms with E-state index in [4.69, 9.17) is 4.74 Å². The Labute approximate surface area is 169 Å². The van der Waals surface area contributed by atoms with Crippen molar-refractivity contribution in [2.24, 2.45) is 5.92 Å². The quantitative estimate of drug-likeness (QED) is 0.726. The van der Waals surface area contributed by atoms with Gasteiger partial charge in [0, 0.05) is 48.7 Å². The number of hydrogen-bond acceptors (Lipinski definition) is 5. The summed E-state index contributed by atoms with van der Waals surface area (Å²) in [5.41, 5.74) is 3.28. The van der Waals surface area contributed by atoms with E-state index in [1.54, 1.807) is 30.6 Å². The molecule has 1 aliphatic heterocycles. The van der Waals surface area contributed by atoms with Crippen LogP contribution in [0.15, 0.2) is 67.1 Å². The number of ether oxygens (including phenoxy) is 1. The first-order chi connectivity index (χ1) is 14.2. The highest BCUT2D eigenvalue weighted by molar-refractivity contribution is 5.96. The minimum Gasteiger partial charge on any atom is -0.496 e. The van der Waals surface area contributed by atoms with Crippen molar-refractivity contribution in [3.63, 3.8) is 0 Å². The van der Waals surface area contributed by atoms with Crippen LogP contribution in [-0.2, 0) is 6.42 Å². The van der Waals surface area contributed by atoms with E-state index < -0.39 is 6.10 Å². The number of methoxy groups -OCH3 is 1. The molecule has 1 saturated heterocycles. The fourth-order valence-electron chi connectivity index (χ4n) is 3.81. The molecule has 29 heavy (non-hydrogen) atoms. The molecular formula is C23H23N3O3. The summed E-state index contributed by atoms with van der Waals surface area (Å²) < 4.78 is 5.45. The van der Waals surface area contributed by atoms with Crippen LogP contribution in [0.4, 0.5) is 0 Å². The van der Waals surface area contributed by atoms with Gasteiger partial charge >= 0.3 is 0 Å². The standard InChI is InChI=1S/C23H23N3O3/c1-29-22-8-3-2-7-20(22)16-5-4-6-17(11-16)23(28)26-14-18(21(27)15-26)12-19-13-24-9-10-25-19/h2-11,13,18,21,27H,12,14-15H2,1H3/t18-,21-/m1/s1. The number of amides is 1. The van der Waals surface area contributed by atoms with Gasteiger partial charge in [0.2, 0.25) is 0 Å². The van der Waals surface area contributed by atoms with Gasteiger partial charge in [0.15, 0.2) is 0 Å². The number of aromatic nitrogens is 2. The van der Waals surface area contributed by atoms with Crippen LogP contribution in [0.2, 0.25) is 0 Å². The predicted molar refractivity (Wildman–Crippen MR) is 110 cm³/mol. The highest BCUT2D eigenvalue weighted by Gasteiger charge is 2.34. The smallest absolute Gasteiger partial charge is 0.253 e. The number of aliphatic hydroxyl groups is 1. The number of β-amino-alcohol motifs (C(OH)–C–C–N with tert-alkyl or cyclic N) is 1. The number of nitrogens with zero attached hydrogens (tertiary/aromatic N) is 3. The summed E-state index contributed by atoms with van der Waals surface area (Å²) in [6.07, 6.45) is 4.99. The minimum absolute atomic E-state index is 0.0481. The van der Waals surface area contributed by atoms with E-state index in [-0.39, 0.29) is 11.8 Å². The van der Waals surface area contributed by atoms with Crippen molar-refractivity contribution in [3.05, 3.63) is 78.4 Å². The SMILES string of the molecule is COc1ccccc1-c1cccc(C(=O)N2C[C@@H](Cc3cnccn3)[C@H](O)C2)c1. The average molecular weight is 389 g/mol.